The van der Waals surface area contributed by atoms with E-state index in [2.05, 4.69) is 51.9 Å². The standard InChI is InChI=1S/C26H29IN2O4S/c1-4-15-26(23(30)32-5-2,24(31)33-6-3)16-17-34-25-28-21-13-9-10-14-22(21)29(25)18-19-11-7-8-12-20(19)27/h4,7-14H,1,5-6,15-18H2,2-3H3. The molecular formula is C26H29IN2O4S. The summed E-state index contributed by atoms with van der Waals surface area (Å²) < 4.78 is 13.9. The summed E-state index contributed by atoms with van der Waals surface area (Å²) in [6, 6.07) is 16.3. The molecule has 0 radical (unpaired) electrons. The van der Waals surface area contributed by atoms with Crippen molar-refractivity contribution in [2.75, 3.05) is 19.0 Å². The van der Waals surface area contributed by atoms with Crippen LogP contribution < -0.4 is 0 Å². The molecule has 0 aliphatic heterocycles. The Kier molecular flexibility index (Phi) is 9.58. The molecule has 0 aliphatic carbocycles. The largest absolute Gasteiger partial charge is 0.465 e. The summed E-state index contributed by atoms with van der Waals surface area (Å²) in [5.41, 5.74) is 1.74. The van der Waals surface area contributed by atoms with Crippen LogP contribution in [-0.4, -0.2) is 40.5 Å². The molecule has 3 rings (SSSR count). The van der Waals surface area contributed by atoms with Crippen LogP contribution >= 0.6 is 34.4 Å². The number of carbonyl (C=O) groups excluding carboxylic acids is 2. The Hall–Kier alpha value is -2.33. The van der Waals surface area contributed by atoms with E-state index in [0.29, 0.717) is 12.3 Å². The van der Waals surface area contributed by atoms with Crippen molar-refractivity contribution < 1.29 is 19.1 Å². The van der Waals surface area contributed by atoms with Gasteiger partial charge in [-0.3, -0.25) is 9.59 Å². The van der Waals surface area contributed by atoms with Gasteiger partial charge in [-0.15, -0.1) is 6.58 Å². The fourth-order valence-electron chi connectivity index (χ4n) is 3.77. The minimum absolute atomic E-state index is 0.157. The minimum Gasteiger partial charge on any atom is -0.465 e. The Morgan fingerprint density at radius 1 is 1.09 bits per heavy atom. The number of esters is 2. The smallest absolute Gasteiger partial charge is 0.323 e. The number of imidazole rings is 1. The van der Waals surface area contributed by atoms with Gasteiger partial charge in [-0.05, 0) is 73.0 Å². The number of aromatic nitrogens is 2. The van der Waals surface area contributed by atoms with Gasteiger partial charge in [0.15, 0.2) is 10.6 Å². The summed E-state index contributed by atoms with van der Waals surface area (Å²) in [7, 11) is 0. The number of nitrogens with zero attached hydrogens (tertiary/aromatic N) is 2. The number of para-hydroxylation sites is 2. The second kappa shape index (κ2) is 12.4. The predicted molar refractivity (Wildman–Crippen MR) is 144 cm³/mol. The Labute approximate surface area is 218 Å². The molecular weight excluding hydrogens is 563 g/mol. The first-order valence-corrected chi connectivity index (χ1v) is 13.3. The third-order valence-electron chi connectivity index (χ3n) is 5.49. The van der Waals surface area contributed by atoms with Crippen molar-refractivity contribution in [2.45, 2.75) is 38.4 Å². The topological polar surface area (TPSA) is 70.4 Å². The van der Waals surface area contributed by atoms with Gasteiger partial charge in [0, 0.05) is 9.32 Å². The molecule has 0 spiro atoms. The van der Waals surface area contributed by atoms with Gasteiger partial charge >= 0.3 is 11.9 Å². The van der Waals surface area contributed by atoms with Crippen molar-refractivity contribution in [1.29, 1.82) is 0 Å². The molecule has 0 N–H and O–H groups in total. The van der Waals surface area contributed by atoms with E-state index in [1.165, 1.54) is 20.9 Å². The van der Waals surface area contributed by atoms with Gasteiger partial charge in [-0.1, -0.05) is 48.2 Å². The molecule has 0 fully saturated rings. The highest BCUT2D eigenvalue weighted by molar-refractivity contribution is 14.1. The second-order valence-electron chi connectivity index (χ2n) is 7.67. The summed E-state index contributed by atoms with van der Waals surface area (Å²) >= 11 is 3.87. The fraction of sp³-hybridized carbons (Fsp3) is 0.346. The van der Waals surface area contributed by atoms with E-state index in [0.717, 1.165) is 16.2 Å². The molecule has 0 bridgehead atoms. The maximum atomic E-state index is 12.9. The zero-order valence-electron chi connectivity index (χ0n) is 19.5. The molecule has 2 aromatic carbocycles. The maximum absolute atomic E-state index is 12.9. The predicted octanol–water partition coefficient (Wildman–Crippen LogP) is 5.86. The normalized spacial score (nSPS) is 11.4. The monoisotopic (exact) mass is 592 g/mol. The molecule has 6 nitrogen and oxygen atoms in total. The highest BCUT2D eigenvalue weighted by atomic mass is 127. The average Bonchev–Trinajstić information content (AvgIpc) is 3.17. The lowest BCUT2D eigenvalue weighted by Gasteiger charge is -2.28. The van der Waals surface area contributed by atoms with Crippen LogP contribution in [-0.2, 0) is 25.6 Å². The van der Waals surface area contributed by atoms with E-state index in [1.54, 1.807) is 19.9 Å². The third kappa shape index (κ3) is 5.83. The molecule has 0 aliphatic rings. The average molecular weight is 592 g/mol. The van der Waals surface area contributed by atoms with Crippen molar-refractivity contribution in [3.63, 3.8) is 0 Å². The fourth-order valence-corrected chi connectivity index (χ4v) is 5.44. The maximum Gasteiger partial charge on any atom is 0.323 e. The summed E-state index contributed by atoms with van der Waals surface area (Å²) in [4.78, 5) is 30.6. The first-order valence-electron chi connectivity index (χ1n) is 11.2. The van der Waals surface area contributed by atoms with Crippen LogP contribution in [0, 0.1) is 8.99 Å². The van der Waals surface area contributed by atoms with E-state index in [4.69, 9.17) is 14.5 Å². The van der Waals surface area contributed by atoms with Crippen LogP contribution in [0.15, 0.2) is 66.3 Å². The summed E-state index contributed by atoms with van der Waals surface area (Å²) in [5.74, 6) is -0.650. The van der Waals surface area contributed by atoms with Gasteiger partial charge < -0.3 is 14.0 Å². The number of halogens is 1. The van der Waals surface area contributed by atoms with Crippen LogP contribution in [0.4, 0.5) is 0 Å². The SMILES string of the molecule is C=CCC(CCSc1nc2ccccc2n1Cc1ccccc1I)(C(=O)OCC)C(=O)OCC. The lowest BCUT2D eigenvalue weighted by atomic mass is 9.81. The lowest BCUT2D eigenvalue weighted by Crippen LogP contribution is -2.42. The van der Waals surface area contributed by atoms with Gasteiger partial charge in [0.05, 0.1) is 30.8 Å². The number of ether oxygens (including phenoxy) is 2. The Morgan fingerprint density at radius 2 is 1.74 bits per heavy atom. The summed E-state index contributed by atoms with van der Waals surface area (Å²) in [5, 5.41) is 0.834. The molecule has 1 aromatic heterocycles. The second-order valence-corrected chi connectivity index (χ2v) is 9.90. The van der Waals surface area contributed by atoms with Gasteiger partial charge in [-0.2, -0.15) is 0 Å². The van der Waals surface area contributed by atoms with Crippen LogP contribution in [0.1, 0.15) is 32.3 Å². The van der Waals surface area contributed by atoms with Gasteiger partial charge in [0.25, 0.3) is 0 Å². The number of benzene rings is 2. The van der Waals surface area contributed by atoms with Crippen molar-refractivity contribution in [2.24, 2.45) is 5.41 Å². The Morgan fingerprint density at radius 3 is 2.38 bits per heavy atom. The van der Waals surface area contributed by atoms with Crippen LogP contribution in [0.3, 0.4) is 0 Å². The molecule has 34 heavy (non-hydrogen) atoms. The van der Waals surface area contributed by atoms with E-state index < -0.39 is 17.4 Å². The third-order valence-corrected chi connectivity index (χ3v) is 7.52. The van der Waals surface area contributed by atoms with Gasteiger partial charge in [0.1, 0.15) is 0 Å². The zero-order valence-corrected chi connectivity index (χ0v) is 22.4. The van der Waals surface area contributed by atoms with Crippen molar-refractivity contribution >= 4 is 57.3 Å². The highest BCUT2D eigenvalue weighted by Crippen LogP contribution is 2.35. The van der Waals surface area contributed by atoms with Crippen molar-refractivity contribution in [1.82, 2.24) is 9.55 Å². The number of rotatable bonds is 12. The molecule has 3 aromatic rings. The van der Waals surface area contributed by atoms with Crippen LogP contribution in [0.2, 0.25) is 0 Å². The highest BCUT2D eigenvalue weighted by Gasteiger charge is 2.47. The zero-order chi connectivity index (χ0) is 24.6. The van der Waals surface area contributed by atoms with Crippen LogP contribution in [0.5, 0.6) is 0 Å². The number of thioether (sulfide) groups is 1. The quantitative estimate of drug-likeness (QED) is 0.0863. The van der Waals surface area contributed by atoms with Gasteiger partial charge in [-0.25, -0.2) is 4.98 Å². The van der Waals surface area contributed by atoms with Crippen molar-refractivity contribution in [3.05, 3.63) is 70.3 Å². The Bertz CT molecular complexity index is 1140. The lowest BCUT2D eigenvalue weighted by molar-refractivity contribution is -0.172. The molecule has 1 heterocycles. The van der Waals surface area contributed by atoms with E-state index in [9.17, 15) is 9.59 Å². The van der Waals surface area contributed by atoms with Crippen LogP contribution in [0.25, 0.3) is 11.0 Å². The number of hydrogen-bond acceptors (Lipinski definition) is 6. The minimum atomic E-state index is -1.41. The van der Waals surface area contributed by atoms with E-state index in [1.807, 2.05) is 30.3 Å². The first-order chi connectivity index (χ1) is 16.5. The molecule has 0 saturated carbocycles. The Balaban J connectivity index is 1.89. The first kappa shape index (κ1) is 26.3. The molecule has 180 valence electrons. The summed E-state index contributed by atoms with van der Waals surface area (Å²) in [6.45, 7) is 8.26. The number of fused-ring (bicyclic) bond motifs is 1. The molecule has 0 saturated heterocycles. The van der Waals surface area contributed by atoms with Crippen molar-refractivity contribution in [3.8, 4) is 0 Å². The van der Waals surface area contributed by atoms with E-state index >= 15 is 0 Å². The molecule has 0 unspecified atom stereocenters. The molecule has 0 atom stereocenters. The number of allylic oxidation sites excluding steroid dienone is 1. The van der Waals surface area contributed by atoms with E-state index in [-0.39, 0.29) is 26.1 Å². The van der Waals surface area contributed by atoms with Gasteiger partial charge in [0.2, 0.25) is 0 Å². The number of hydrogen-bond donors (Lipinski definition) is 0. The summed E-state index contributed by atoms with van der Waals surface area (Å²) in [6.07, 6.45) is 1.99. The molecule has 0 amide bonds. The molecule has 8 heteroatoms. The number of carbonyl (C=O) groups is 2.